The summed E-state index contributed by atoms with van der Waals surface area (Å²) >= 11 is 0. The third-order valence-corrected chi connectivity index (χ3v) is 2.46. The monoisotopic (exact) mass is 339 g/mol. The Labute approximate surface area is 141 Å². The molecular weight excluding hydrogens is 318 g/mol. The van der Waals surface area contributed by atoms with E-state index in [9.17, 15) is 9.90 Å². The van der Waals surface area contributed by atoms with E-state index in [0.717, 1.165) is 30.2 Å². The summed E-state index contributed by atoms with van der Waals surface area (Å²) in [4.78, 5) is 34.9. The van der Waals surface area contributed by atoms with Gasteiger partial charge in [-0.3, -0.25) is 9.88 Å². The Morgan fingerprint density at radius 1 is 1.08 bits per heavy atom. The molecular formula is C15H21N3O6-3. The van der Waals surface area contributed by atoms with Crippen molar-refractivity contribution in [1.29, 1.82) is 0 Å². The van der Waals surface area contributed by atoms with Gasteiger partial charge < -0.3 is 34.6 Å². The minimum Gasteiger partial charge on any atom is -0.543 e. The van der Waals surface area contributed by atoms with Crippen LogP contribution in [0.2, 0.25) is 0 Å². The van der Waals surface area contributed by atoms with Gasteiger partial charge in [0, 0.05) is 32.9 Å². The van der Waals surface area contributed by atoms with Crippen LogP contribution in [0.4, 0.5) is 4.79 Å². The minimum atomic E-state index is -2.19. The predicted molar refractivity (Wildman–Crippen MR) is 78.8 cm³/mol. The summed E-state index contributed by atoms with van der Waals surface area (Å²) in [5, 5.41) is 27.4. The molecule has 1 aromatic rings. The van der Waals surface area contributed by atoms with E-state index in [0.29, 0.717) is 0 Å². The van der Waals surface area contributed by atoms with Gasteiger partial charge in [0.25, 0.3) is 0 Å². The van der Waals surface area contributed by atoms with Crippen molar-refractivity contribution < 1.29 is 29.7 Å². The molecule has 0 saturated carbocycles. The van der Waals surface area contributed by atoms with Crippen molar-refractivity contribution in [3.05, 3.63) is 30.1 Å². The van der Waals surface area contributed by atoms with Crippen LogP contribution >= 0.6 is 0 Å². The first kappa shape index (κ1) is 23.6. The molecule has 1 rings (SSSR count). The highest BCUT2D eigenvalue weighted by Crippen LogP contribution is 1.98. The SMILES string of the molecule is CCN(CC)Cc1[c]cccn1.CN(C)C(=O)[O-].O=C([O-])C(=O)[O-]. The van der Waals surface area contributed by atoms with E-state index in [-0.39, 0.29) is 0 Å². The maximum atomic E-state index is 9.51. The highest BCUT2D eigenvalue weighted by molar-refractivity contribution is 6.25. The number of rotatable bonds is 4. The first-order valence-electron chi connectivity index (χ1n) is 7.00. The normalized spacial score (nSPS) is 9.04. The van der Waals surface area contributed by atoms with Crippen LogP contribution in [0.15, 0.2) is 18.3 Å². The highest BCUT2D eigenvalue weighted by atomic mass is 16.4. The molecule has 0 unspecified atom stereocenters. The summed E-state index contributed by atoms with van der Waals surface area (Å²) in [5.41, 5.74) is 1.03. The van der Waals surface area contributed by atoms with Gasteiger partial charge in [-0.2, -0.15) is 0 Å². The standard InChI is InChI=1S/C10H15N2.C3H7NO2.C2H2O4/c1-3-12(4-2)9-10-7-5-6-8-11-10;1-4(2)3(5)6;3-1(4)2(5)6/h5-6,8H,3-4,9H2,1-2H3;1-2H3,(H,5,6);(H,3,4)(H,5,6)/p-3. The van der Waals surface area contributed by atoms with Crippen LogP contribution in [0.5, 0.6) is 0 Å². The number of carboxylic acid groups (broad SMARTS) is 3. The number of carboxylic acids is 2. The fraction of sp³-hybridized carbons (Fsp3) is 0.467. The van der Waals surface area contributed by atoms with Gasteiger partial charge >= 0.3 is 0 Å². The van der Waals surface area contributed by atoms with E-state index in [4.69, 9.17) is 19.8 Å². The summed E-state index contributed by atoms with van der Waals surface area (Å²) in [5.74, 6) is -4.37. The summed E-state index contributed by atoms with van der Waals surface area (Å²) in [6, 6.07) is 6.92. The first-order chi connectivity index (χ1) is 11.1. The van der Waals surface area contributed by atoms with Crippen LogP contribution in [0.1, 0.15) is 19.5 Å². The molecule has 135 valence electrons. The fourth-order valence-corrected chi connectivity index (χ4v) is 1.10. The zero-order chi connectivity index (χ0) is 19.1. The molecule has 1 aromatic heterocycles. The zero-order valence-corrected chi connectivity index (χ0v) is 14.1. The topological polar surface area (TPSA) is 140 Å². The third kappa shape index (κ3) is 14.3. The van der Waals surface area contributed by atoms with E-state index < -0.39 is 18.0 Å². The third-order valence-electron chi connectivity index (χ3n) is 2.46. The molecule has 0 bridgehead atoms. The van der Waals surface area contributed by atoms with E-state index in [1.54, 1.807) is 0 Å². The van der Waals surface area contributed by atoms with Crippen LogP contribution in [0.3, 0.4) is 0 Å². The Balaban J connectivity index is 0. The Morgan fingerprint density at radius 3 is 1.79 bits per heavy atom. The van der Waals surface area contributed by atoms with E-state index in [2.05, 4.69) is 29.8 Å². The van der Waals surface area contributed by atoms with Crippen LogP contribution < -0.4 is 15.3 Å². The molecule has 24 heavy (non-hydrogen) atoms. The van der Waals surface area contributed by atoms with Gasteiger partial charge in [0.05, 0.1) is 17.6 Å². The molecule has 0 spiro atoms. The van der Waals surface area contributed by atoms with Gasteiger partial charge in [0.1, 0.15) is 6.09 Å². The van der Waals surface area contributed by atoms with Crippen LogP contribution in [0, 0.1) is 6.07 Å². The summed E-state index contributed by atoms with van der Waals surface area (Å²) < 4.78 is 0. The molecule has 0 fully saturated rings. The molecule has 0 N–H and O–H groups in total. The average molecular weight is 339 g/mol. The molecule has 0 atom stereocenters. The smallest absolute Gasteiger partial charge is 0.136 e. The van der Waals surface area contributed by atoms with Crippen molar-refractivity contribution in [3.63, 3.8) is 0 Å². The number of aromatic nitrogens is 1. The van der Waals surface area contributed by atoms with Gasteiger partial charge in [-0.25, -0.2) is 0 Å². The lowest BCUT2D eigenvalue weighted by atomic mass is 10.3. The number of nitrogens with zero attached hydrogens (tertiary/aromatic N) is 3. The maximum Gasteiger partial charge on any atom is 0.136 e. The Kier molecular flexibility index (Phi) is 13.7. The summed E-state index contributed by atoms with van der Waals surface area (Å²) in [7, 11) is 2.82. The predicted octanol–water partition coefficient (Wildman–Crippen LogP) is -2.90. The van der Waals surface area contributed by atoms with Crippen molar-refractivity contribution in [1.82, 2.24) is 14.8 Å². The van der Waals surface area contributed by atoms with Crippen molar-refractivity contribution >= 4 is 18.0 Å². The Bertz CT molecular complexity index is 477. The molecule has 1 amide bonds. The summed E-state index contributed by atoms with van der Waals surface area (Å²) in [6.07, 6.45) is 0.657. The largest absolute Gasteiger partial charge is 0.543 e. The molecule has 0 saturated heterocycles. The van der Waals surface area contributed by atoms with E-state index in [1.165, 1.54) is 14.1 Å². The molecule has 9 nitrogen and oxygen atoms in total. The fourth-order valence-electron chi connectivity index (χ4n) is 1.10. The number of carbonyl (C=O) groups is 3. The Morgan fingerprint density at radius 2 is 1.54 bits per heavy atom. The quantitative estimate of drug-likeness (QED) is 0.532. The second kappa shape index (κ2) is 13.9. The van der Waals surface area contributed by atoms with Crippen LogP contribution in [-0.2, 0) is 16.1 Å². The molecule has 9 heteroatoms. The molecule has 0 aliphatic rings. The minimum absolute atomic E-state index is 0.911. The zero-order valence-electron chi connectivity index (χ0n) is 14.1. The summed E-state index contributed by atoms with van der Waals surface area (Å²) in [6.45, 7) is 7.37. The Hall–Kier alpha value is -2.68. The van der Waals surface area contributed by atoms with Crippen molar-refractivity contribution in [3.8, 4) is 0 Å². The van der Waals surface area contributed by atoms with E-state index in [1.807, 2.05) is 18.3 Å². The van der Waals surface area contributed by atoms with Crippen LogP contribution in [0.25, 0.3) is 0 Å². The number of pyridine rings is 1. The number of aliphatic carboxylic acids is 2. The highest BCUT2D eigenvalue weighted by Gasteiger charge is 2.00. The molecule has 0 aliphatic heterocycles. The molecule has 1 heterocycles. The number of hydrogen-bond acceptors (Lipinski definition) is 8. The first-order valence-corrected chi connectivity index (χ1v) is 7.00. The number of amides is 1. The van der Waals surface area contributed by atoms with Crippen LogP contribution in [-0.4, -0.2) is 60.0 Å². The van der Waals surface area contributed by atoms with Gasteiger partial charge in [0.2, 0.25) is 0 Å². The maximum absolute atomic E-state index is 9.51. The van der Waals surface area contributed by atoms with Gasteiger partial charge in [-0.1, -0.05) is 19.9 Å². The van der Waals surface area contributed by atoms with Crippen molar-refractivity contribution in [2.24, 2.45) is 0 Å². The van der Waals surface area contributed by atoms with Gasteiger partial charge in [0.15, 0.2) is 0 Å². The van der Waals surface area contributed by atoms with Gasteiger partial charge in [-0.15, -0.1) is 0 Å². The lowest BCUT2D eigenvalue weighted by molar-refractivity contribution is -0.345. The second-order valence-electron chi connectivity index (χ2n) is 4.42. The molecule has 0 aromatic carbocycles. The van der Waals surface area contributed by atoms with E-state index >= 15 is 0 Å². The second-order valence-corrected chi connectivity index (χ2v) is 4.42. The average Bonchev–Trinajstić information content (AvgIpc) is 2.54. The lowest BCUT2D eigenvalue weighted by Gasteiger charge is -2.16. The molecule has 1 radical (unpaired) electrons. The van der Waals surface area contributed by atoms with Crippen molar-refractivity contribution in [2.45, 2.75) is 20.4 Å². The number of hydrogen-bond donors (Lipinski definition) is 0. The molecule has 0 aliphatic carbocycles. The lowest BCUT2D eigenvalue weighted by Crippen LogP contribution is -2.42. The number of carbonyl (C=O) groups excluding carboxylic acids is 3. The van der Waals surface area contributed by atoms with Crippen molar-refractivity contribution in [2.75, 3.05) is 27.2 Å². The van der Waals surface area contributed by atoms with Gasteiger partial charge in [-0.05, 0) is 19.2 Å².